The van der Waals surface area contributed by atoms with Crippen molar-refractivity contribution in [2.24, 2.45) is 5.84 Å². The number of hydrogen-bond acceptors (Lipinski definition) is 3. The first-order chi connectivity index (χ1) is 7.67. The van der Waals surface area contributed by atoms with Crippen LogP contribution in [0.5, 0.6) is 0 Å². The number of rotatable bonds is 6. The molecule has 0 bridgehead atoms. The Morgan fingerprint density at radius 3 is 2.88 bits per heavy atom. The summed E-state index contributed by atoms with van der Waals surface area (Å²) in [5.74, 6) is 5.19. The van der Waals surface area contributed by atoms with E-state index in [1.165, 1.54) is 6.07 Å². The molecule has 0 fully saturated rings. The fourth-order valence-corrected chi connectivity index (χ4v) is 1.88. The van der Waals surface area contributed by atoms with E-state index >= 15 is 0 Å². The van der Waals surface area contributed by atoms with Gasteiger partial charge in [-0.1, -0.05) is 6.07 Å². The van der Waals surface area contributed by atoms with E-state index in [0.29, 0.717) is 11.1 Å². The standard InChI is InChI=1S/C11H16BrFN2O/c1-16-5-4-9(15-14)6-8-2-3-11(13)10(12)7-8/h2-3,7,9,15H,4-6,14H2,1H3. The Kier molecular flexibility index (Phi) is 5.90. The molecular formula is C11H16BrFN2O. The lowest BCUT2D eigenvalue weighted by atomic mass is 10.0. The highest BCUT2D eigenvalue weighted by Crippen LogP contribution is 2.18. The van der Waals surface area contributed by atoms with Gasteiger partial charge in [-0.3, -0.25) is 11.3 Å². The molecule has 1 aromatic carbocycles. The molecule has 0 amide bonds. The third-order valence-corrected chi connectivity index (χ3v) is 2.98. The van der Waals surface area contributed by atoms with Gasteiger partial charge in [-0.15, -0.1) is 0 Å². The Labute approximate surface area is 103 Å². The quantitative estimate of drug-likeness (QED) is 0.622. The molecule has 0 aliphatic rings. The van der Waals surface area contributed by atoms with Crippen molar-refractivity contribution < 1.29 is 9.13 Å². The lowest BCUT2D eigenvalue weighted by Gasteiger charge is -2.15. The average Bonchev–Trinajstić information content (AvgIpc) is 2.29. The molecule has 1 rings (SSSR count). The van der Waals surface area contributed by atoms with Crippen molar-refractivity contribution in [3.05, 3.63) is 34.1 Å². The van der Waals surface area contributed by atoms with Gasteiger partial charge in [0, 0.05) is 19.8 Å². The summed E-state index contributed by atoms with van der Waals surface area (Å²) in [6, 6.07) is 5.12. The van der Waals surface area contributed by atoms with Crippen molar-refractivity contribution in [3.63, 3.8) is 0 Å². The maximum absolute atomic E-state index is 13.0. The van der Waals surface area contributed by atoms with Gasteiger partial charge in [0.1, 0.15) is 5.82 Å². The van der Waals surface area contributed by atoms with E-state index in [1.807, 2.05) is 0 Å². The lowest BCUT2D eigenvalue weighted by molar-refractivity contribution is 0.182. The Hall–Kier alpha value is -0.490. The van der Waals surface area contributed by atoms with Gasteiger partial charge in [-0.2, -0.15) is 0 Å². The van der Waals surface area contributed by atoms with Crippen LogP contribution in [0, 0.1) is 5.82 Å². The molecule has 16 heavy (non-hydrogen) atoms. The zero-order valence-electron chi connectivity index (χ0n) is 9.17. The van der Waals surface area contributed by atoms with Crippen molar-refractivity contribution in [3.8, 4) is 0 Å². The largest absolute Gasteiger partial charge is 0.385 e. The van der Waals surface area contributed by atoms with Crippen LogP contribution in [0.4, 0.5) is 4.39 Å². The second-order valence-electron chi connectivity index (χ2n) is 3.60. The second-order valence-corrected chi connectivity index (χ2v) is 4.45. The molecule has 1 unspecified atom stereocenters. The van der Waals surface area contributed by atoms with Crippen LogP contribution >= 0.6 is 15.9 Å². The van der Waals surface area contributed by atoms with Crippen LogP contribution in [-0.2, 0) is 11.2 Å². The molecule has 1 atom stereocenters. The van der Waals surface area contributed by atoms with E-state index in [0.717, 1.165) is 18.4 Å². The van der Waals surface area contributed by atoms with Crippen LogP contribution < -0.4 is 11.3 Å². The summed E-state index contributed by atoms with van der Waals surface area (Å²) in [7, 11) is 1.65. The molecule has 0 radical (unpaired) electrons. The molecule has 5 heteroatoms. The first kappa shape index (κ1) is 13.6. The van der Waals surface area contributed by atoms with E-state index in [2.05, 4.69) is 21.4 Å². The highest BCUT2D eigenvalue weighted by molar-refractivity contribution is 9.10. The van der Waals surface area contributed by atoms with Crippen LogP contribution in [-0.4, -0.2) is 19.8 Å². The minimum atomic E-state index is -0.252. The molecule has 0 aliphatic carbocycles. The maximum Gasteiger partial charge on any atom is 0.137 e. The minimum Gasteiger partial charge on any atom is -0.385 e. The summed E-state index contributed by atoms with van der Waals surface area (Å²) in [6.07, 6.45) is 1.57. The fourth-order valence-electron chi connectivity index (χ4n) is 1.46. The highest BCUT2D eigenvalue weighted by atomic mass is 79.9. The van der Waals surface area contributed by atoms with Gasteiger partial charge >= 0.3 is 0 Å². The molecule has 90 valence electrons. The van der Waals surface area contributed by atoms with E-state index in [1.54, 1.807) is 19.2 Å². The minimum absolute atomic E-state index is 0.136. The van der Waals surface area contributed by atoms with Crippen molar-refractivity contribution in [2.75, 3.05) is 13.7 Å². The maximum atomic E-state index is 13.0. The van der Waals surface area contributed by atoms with Gasteiger partial charge in [0.25, 0.3) is 0 Å². The van der Waals surface area contributed by atoms with Crippen molar-refractivity contribution in [1.29, 1.82) is 0 Å². The fraction of sp³-hybridized carbons (Fsp3) is 0.455. The number of ether oxygens (including phenoxy) is 1. The Morgan fingerprint density at radius 1 is 1.56 bits per heavy atom. The van der Waals surface area contributed by atoms with Crippen LogP contribution in [0.15, 0.2) is 22.7 Å². The monoisotopic (exact) mass is 290 g/mol. The van der Waals surface area contributed by atoms with Gasteiger partial charge in [0.2, 0.25) is 0 Å². The lowest BCUT2D eigenvalue weighted by Crippen LogP contribution is -2.37. The van der Waals surface area contributed by atoms with Crippen LogP contribution in [0.25, 0.3) is 0 Å². The Morgan fingerprint density at radius 2 is 2.31 bits per heavy atom. The first-order valence-corrected chi connectivity index (χ1v) is 5.85. The molecule has 0 saturated carbocycles. The Balaban J connectivity index is 2.59. The van der Waals surface area contributed by atoms with E-state index in [-0.39, 0.29) is 11.9 Å². The zero-order chi connectivity index (χ0) is 12.0. The van der Waals surface area contributed by atoms with E-state index < -0.39 is 0 Å². The highest BCUT2D eigenvalue weighted by Gasteiger charge is 2.08. The summed E-state index contributed by atoms with van der Waals surface area (Å²) in [6.45, 7) is 0.650. The van der Waals surface area contributed by atoms with E-state index in [4.69, 9.17) is 10.6 Å². The molecule has 0 aromatic heterocycles. The normalized spacial score (nSPS) is 12.8. The van der Waals surface area contributed by atoms with Gasteiger partial charge in [-0.05, 0) is 46.5 Å². The van der Waals surface area contributed by atoms with Crippen LogP contribution in [0.2, 0.25) is 0 Å². The number of nitrogens with two attached hydrogens (primary N) is 1. The summed E-state index contributed by atoms with van der Waals surface area (Å²) in [4.78, 5) is 0. The molecular weight excluding hydrogens is 275 g/mol. The third-order valence-electron chi connectivity index (χ3n) is 2.37. The van der Waals surface area contributed by atoms with E-state index in [9.17, 15) is 4.39 Å². The average molecular weight is 291 g/mol. The van der Waals surface area contributed by atoms with Gasteiger partial charge < -0.3 is 4.74 Å². The second kappa shape index (κ2) is 6.96. The predicted octanol–water partition coefficient (Wildman–Crippen LogP) is 2.00. The number of benzene rings is 1. The first-order valence-electron chi connectivity index (χ1n) is 5.06. The molecule has 3 N–H and O–H groups in total. The molecule has 0 aliphatic heterocycles. The smallest absolute Gasteiger partial charge is 0.137 e. The summed E-state index contributed by atoms with van der Waals surface area (Å²) >= 11 is 3.16. The summed E-state index contributed by atoms with van der Waals surface area (Å²) in [5, 5.41) is 0. The van der Waals surface area contributed by atoms with Crippen molar-refractivity contribution in [2.45, 2.75) is 18.9 Å². The number of methoxy groups -OCH3 is 1. The van der Waals surface area contributed by atoms with Crippen molar-refractivity contribution in [1.82, 2.24) is 5.43 Å². The SMILES string of the molecule is COCCC(Cc1ccc(F)c(Br)c1)NN. The molecule has 0 saturated heterocycles. The van der Waals surface area contributed by atoms with Gasteiger partial charge in [0.15, 0.2) is 0 Å². The number of nitrogens with one attached hydrogen (secondary N) is 1. The number of halogens is 2. The zero-order valence-corrected chi connectivity index (χ0v) is 10.8. The van der Waals surface area contributed by atoms with Gasteiger partial charge in [-0.25, -0.2) is 4.39 Å². The third kappa shape index (κ3) is 4.17. The predicted molar refractivity (Wildman–Crippen MR) is 65.4 cm³/mol. The topological polar surface area (TPSA) is 47.3 Å². The number of hydrogen-bond donors (Lipinski definition) is 2. The number of hydrazine groups is 1. The molecule has 1 aromatic rings. The molecule has 3 nitrogen and oxygen atoms in total. The molecule has 0 spiro atoms. The van der Waals surface area contributed by atoms with Gasteiger partial charge in [0.05, 0.1) is 4.47 Å². The van der Waals surface area contributed by atoms with Crippen LogP contribution in [0.1, 0.15) is 12.0 Å². The van der Waals surface area contributed by atoms with Crippen LogP contribution in [0.3, 0.4) is 0 Å². The van der Waals surface area contributed by atoms with Crippen molar-refractivity contribution >= 4 is 15.9 Å². The summed E-state index contributed by atoms with van der Waals surface area (Å²) in [5.41, 5.74) is 3.76. The summed E-state index contributed by atoms with van der Waals surface area (Å²) < 4.78 is 18.5. The molecule has 0 heterocycles. The Bertz CT molecular complexity index is 336.